The van der Waals surface area contributed by atoms with E-state index in [4.69, 9.17) is 4.74 Å². The highest BCUT2D eigenvalue weighted by Crippen LogP contribution is 2.39. The standard InChI is InChI=1S/C30H46O/c1-23(2)15-13-17-25(5)29(27-19-9-7-10-20-27)31-30(28-21-11-8-12-22-28)26(6)18-14-16-24(3)4/h7-12,19-26,29-30H,13-18H2,1-6H3. The van der Waals surface area contributed by atoms with Crippen molar-refractivity contribution < 1.29 is 4.74 Å². The van der Waals surface area contributed by atoms with Gasteiger partial charge in [-0.3, -0.25) is 0 Å². The molecule has 2 aromatic carbocycles. The quantitative estimate of drug-likeness (QED) is 0.294. The van der Waals surface area contributed by atoms with E-state index in [0.717, 1.165) is 11.8 Å². The molecule has 1 nitrogen and oxygen atoms in total. The minimum absolute atomic E-state index is 0.131. The summed E-state index contributed by atoms with van der Waals surface area (Å²) in [5, 5.41) is 0. The summed E-state index contributed by atoms with van der Waals surface area (Å²) in [6.07, 6.45) is 7.80. The predicted octanol–water partition coefficient (Wildman–Crippen LogP) is 9.41. The maximum absolute atomic E-state index is 7.06. The zero-order valence-electron chi connectivity index (χ0n) is 20.9. The first-order valence-corrected chi connectivity index (χ1v) is 12.6. The zero-order valence-corrected chi connectivity index (χ0v) is 20.9. The van der Waals surface area contributed by atoms with Crippen molar-refractivity contribution >= 4 is 0 Å². The Labute approximate surface area is 192 Å². The Morgan fingerprint density at radius 3 is 1.19 bits per heavy atom. The second kappa shape index (κ2) is 13.7. The van der Waals surface area contributed by atoms with Crippen LogP contribution in [0, 0.1) is 23.7 Å². The first-order valence-electron chi connectivity index (χ1n) is 12.6. The molecule has 0 aliphatic heterocycles. The zero-order chi connectivity index (χ0) is 22.6. The molecule has 0 radical (unpaired) electrons. The summed E-state index contributed by atoms with van der Waals surface area (Å²) >= 11 is 0. The molecule has 0 heterocycles. The molecular weight excluding hydrogens is 376 g/mol. The summed E-state index contributed by atoms with van der Waals surface area (Å²) in [5.74, 6) is 2.52. The van der Waals surface area contributed by atoms with Gasteiger partial charge in [0.05, 0.1) is 12.2 Å². The fourth-order valence-electron chi connectivity index (χ4n) is 4.52. The van der Waals surface area contributed by atoms with Gasteiger partial charge in [-0.05, 0) is 47.6 Å². The third-order valence-electron chi connectivity index (χ3n) is 6.46. The molecule has 31 heavy (non-hydrogen) atoms. The molecule has 1 heteroatoms. The van der Waals surface area contributed by atoms with E-state index in [1.54, 1.807) is 0 Å². The Balaban J connectivity index is 2.22. The van der Waals surface area contributed by atoms with Crippen LogP contribution in [-0.2, 0) is 4.74 Å². The van der Waals surface area contributed by atoms with E-state index in [1.807, 2.05) is 0 Å². The highest BCUT2D eigenvalue weighted by Gasteiger charge is 2.28. The summed E-state index contributed by atoms with van der Waals surface area (Å²) in [5.41, 5.74) is 2.63. The van der Waals surface area contributed by atoms with E-state index >= 15 is 0 Å². The topological polar surface area (TPSA) is 9.23 Å². The molecule has 2 aromatic rings. The van der Waals surface area contributed by atoms with Crippen molar-refractivity contribution in [1.82, 2.24) is 0 Å². The van der Waals surface area contributed by atoms with Gasteiger partial charge in [0.15, 0.2) is 0 Å². The van der Waals surface area contributed by atoms with Crippen LogP contribution in [0.25, 0.3) is 0 Å². The van der Waals surface area contributed by atoms with E-state index in [1.165, 1.54) is 49.7 Å². The largest absolute Gasteiger partial charge is 0.365 e. The highest BCUT2D eigenvalue weighted by molar-refractivity contribution is 5.21. The molecular formula is C30H46O. The van der Waals surface area contributed by atoms with Gasteiger partial charge in [0.2, 0.25) is 0 Å². The third-order valence-corrected chi connectivity index (χ3v) is 6.46. The monoisotopic (exact) mass is 422 g/mol. The molecule has 0 amide bonds. The fourth-order valence-corrected chi connectivity index (χ4v) is 4.52. The molecule has 0 aromatic heterocycles. The van der Waals surface area contributed by atoms with Crippen LogP contribution < -0.4 is 0 Å². The van der Waals surface area contributed by atoms with Gasteiger partial charge in [-0.1, -0.05) is 128 Å². The van der Waals surface area contributed by atoms with Gasteiger partial charge in [-0.15, -0.1) is 0 Å². The lowest BCUT2D eigenvalue weighted by molar-refractivity contribution is -0.0713. The Morgan fingerprint density at radius 1 is 0.516 bits per heavy atom. The second-order valence-electron chi connectivity index (χ2n) is 10.4. The SMILES string of the molecule is CC(C)CCCC(C)C(OC(c1ccccc1)C(C)CCCC(C)C)c1ccccc1. The molecule has 0 saturated heterocycles. The van der Waals surface area contributed by atoms with Crippen molar-refractivity contribution in [2.45, 2.75) is 92.3 Å². The second-order valence-corrected chi connectivity index (χ2v) is 10.4. The molecule has 4 atom stereocenters. The van der Waals surface area contributed by atoms with E-state index in [0.29, 0.717) is 11.8 Å². The van der Waals surface area contributed by atoms with Crippen molar-refractivity contribution in [2.24, 2.45) is 23.7 Å². The molecule has 0 saturated carbocycles. The Bertz CT molecular complexity index is 629. The predicted molar refractivity (Wildman–Crippen MR) is 135 cm³/mol. The van der Waals surface area contributed by atoms with Crippen LogP contribution in [0.15, 0.2) is 60.7 Å². The van der Waals surface area contributed by atoms with Crippen molar-refractivity contribution in [2.75, 3.05) is 0 Å². The van der Waals surface area contributed by atoms with Gasteiger partial charge in [0.1, 0.15) is 0 Å². The summed E-state index contributed by atoms with van der Waals surface area (Å²) in [6.45, 7) is 14.0. The molecule has 0 aliphatic carbocycles. The summed E-state index contributed by atoms with van der Waals surface area (Å²) < 4.78 is 7.06. The maximum Gasteiger partial charge on any atom is 0.0858 e. The molecule has 0 spiro atoms. The van der Waals surface area contributed by atoms with Crippen LogP contribution in [0.3, 0.4) is 0 Å². The number of hydrogen-bond donors (Lipinski definition) is 0. The van der Waals surface area contributed by atoms with Gasteiger partial charge in [-0.25, -0.2) is 0 Å². The molecule has 172 valence electrons. The molecule has 0 bridgehead atoms. The van der Waals surface area contributed by atoms with Gasteiger partial charge in [-0.2, -0.15) is 0 Å². The average molecular weight is 423 g/mol. The number of benzene rings is 2. The van der Waals surface area contributed by atoms with Crippen LogP contribution in [0.4, 0.5) is 0 Å². The number of hydrogen-bond acceptors (Lipinski definition) is 1. The normalized spacial score (nSPS) is 15.7. The van der Waals surface area contributed by atoms with Gasteiger partial charge in [0, 0.05) is 0 Å². The lowest BCUT2D eigenvalue weighted by atomic mass is 9.88. The van der Waals surface area contributed by atoms with Crippen LogP contribution in [0.5, 0.6) is 0 Å². The van der Waals surface area contributed by atoms with Crippen LogP contribution in [0.1, 0.15) is 103 Å². The summed E-state index contributed by atoms with van der Waals surface area (Å²) in [4.78, 5) is 0. The van der Waals surface area contributed by atoms with E-state index in [2.05, 4.69) is 102 Å². The fraction of sp³-hybridized carbons (Fsp3) is 0.600. The molecule has 4 unspecified atom stereocenters. The van der Waals surface area contributed by atoms with Gasteiger partial charge < -0.3 is 4.74 Å². The van der Waals surface area contributed by atoms with Crippen molar-refractivity contribution in [3.63, 3.8) is 0 Å². The van der Waals surface area contributed by atoms with Crippen LogP contribution in [0.2, 0.25) is 0 Å². The first-order chi connectivity index (χ1) is 14.9. The van der Waals surface area contributed by atoms with Crippen LogP contribution in [-0.4, -0.2) is 0 Å². The van der Waals surface area contributed by atoms with Crippen molar-refractivity contribution in [1.29, 1.82) is 0 Å². The Morgan fingerprint density at radius 2 is 0.871 bits per heavy atom. The van der Waals surface area contributed by atoms with E-state index in [9.17, 15) is 0 Å². The van der Waals surface area contributed by atoms with Crippen molar-refractivity contribution in [3.05, 3.63) is 71.8 Å². The van der Waals surface area contributed by atoms with Crippen LogP contribution >= 0.6 is 0 Å². The highest BCUT2D eigenvalue weighted by atomic mass is 16.5. The third kappa shape index (κ3) is 9.19. The molecule has 2 rings (SSSR count). The maximum atomic E-state index is 7.06. The van der Waals surface area contributed by atoms with Gasteiger partial charge in [0.25, 0.3) is 0 Å². The number of rotatable bonds is 14. The molecule has 0 fully saturated rings. The summed E-state index contributed by atoms with van der Waals surface area (Å²) in [6, 6.07) is 21.8. The minimum atomic E-state index is 0.131. The Kier molecular flexibility index (Phi) is 11.4. The molecule has 0 N–H and O–H groups in total. The molecule has 0 aliphatic rings. The van der Waals surface area contributed by atoms with E-state index in [-0.39, 0.29) is 12.2 Å². The lowest BCUT2D eigenvalue weighted by Gasteiger charge is -2.33. The van der Waals surface area contributed by atoms with E-state index < -0.39 is 0 Å². The average Bonchev–Trinajstić information content (AvgIpc) is 2.75. The minimum Gasteiger partial charge on any atom is -0.365 e. The van der Waals surface area contributed by atoms with Crippen molar-refractivity contribution in [3.8, 4) is 0 Å². The van der Waals surface area contributed by atoms with Gasteiger partial charge >= 0.3 is 0 Å². The summed E-state index contributed by atoms with van der Waals surface area (Å²) in [7, 11) is 0. The smallest absolute Gasteiger partial charge is 0.0858 e. The Hall–Kier alpha value is -1.60. The first kappa shape index (κ1) is 25.7. The lowest BCUT2D eigenvalue weighted by Crippen LogP contribution is -2.21. The number of ether oxygens (including phenoxy) is 1.